The van der Waals surface area contributed by atoms with Crippen LogP contribution in [-0.2, 0) is 16.1 Å². The number of carbonyl (C=O) groups excluding carboxylic acids is 2. The Balaban J connectivity index is 1.88. The Morgan fingerprint density at radius 1 is 1.09 bits per heavy atom. The van der Waals surface area contributed by atoms with Crippen LogP contribution in [0, 0.1) is 6.92 Å². The van der Waals surface area contributed by atoms with E-state index in [9.17, 15) is 9.59 Å². The maximum Gasteiger partial charge on any atom is 0.239 e. The van der Waals surface area contributed by atoms with Crippen LogP contribution in [0.4, 0.5) is 11.4 Å². The third-order valence-electron chi connectivity index (χ3n) is 3.41. The summed E-state index contributed by atoms with van der Waals surface area (Å²) in [6.07, 6.45) is 1.99. The van der Waals surface area contributed by atoms with Crippen molar-refractivity contribution in [3.05, 3.63) is 47.9 Å². The number of carbonyl (C=O) groups is 2. The van der Waals surface area contributed by atoms with E-state index in [1.54, 1.807) is 25.3 Å². The maximum atomic E-state index is 11.8. The van der Waals surface area contributed by atoms with Gasteiger partial charge in [0.05, 0.1) is 19.4 Å². The molecular weight excluding hydrogens is 294 g/mol. The number of rotatable bonds is 7. The Bertz CT molecular complexity index is 666. The van der Waals surface area contributed by atoms with Gasteiger partial charge >= 0.3 is 0 Å². The van der Waals surface area contributed by atoms with Crippen LogP contribution in [0.1, 0.15) is 24.7 Å². The number of hydrogen-bond acceptors (Lipinski definition) is 4. The minimum atomic E-state index is -0.135. The van der Waals surface area contributed by atoms with Gasteiger partial charge in [0.25, 0.3) is 0 Å². The van der Waals surface area contributed by atoms with Gasteiger partial charge in [0.2, 0.25) is 11.8 Å². The molecule has 122 valence electrons. The van der Waals surface area contributed by atoms with Gasteiger partial charge in [-0.15, -0.1) is 0 Å². The molecule has 3 N–H and O–H groups in total. The summed E-state index contributed by atoms with van der Waals surface area (Å²) in [5.74, 6) is 0.532. The highest BCUT2D eigenvalue weighted by Gasteiger charge is 2.08. The fraction of sp³-hybridized carbons (Fsp3) is 0.294. The molecule has 2 rings (SSSR count). The highest BCUT2D eigenvalue weighted by atomic mass is 16.3. The lowest BCUT2D eigenvalue weighted by Gasteiger charge is -2.13. The molecule has 23 heavy (non-hydrogen) atoms. The number of hydrogen-bond donors (Lipinski definition) is 3. The van der Waals surface area contributed by atoms with Crippen LogP contribution in [0.5, 0.6) is 0 Å². The van der Waals surface area contributed by atoms with Gasteiger partial charge in [-0.2, -0.15) is 0 Å². The van der Waals surface area contributed by atoms with Crippen LogP contribution in [-0.4, -0.2) is 18.4 Å². The fourth-order valence-corrected chi connectivity index (χ4v) is 2.04. The lowest BCUT2D eigenvalue weighted by atomic mass is 10.1. The molecule has 6 heteroatoms. The van der Waals surface area contributed by atoms with Crippen LogP contribution in [0.2, 0.25) is 0 Å². The Hall–Kier alpha value is -2.76. The van der Waals surface area contributed by atoms with Gasteiger partial charge in [-0.1, -0.05) is 13.0 Å². The first-order valence-electron chi connectivity index (χ1n) is 7.52. The molecule has 1 heterocycles. The number of amides is 2. The second kappa shape index (κ2) is 8.03. The smallest absolute Gasteiger partial charge is 0.239 e. The number of anilines is 2. The SMILES string of the molecule is CCC(=O)Nc1cccc(NCC(=O)NCc2ccco2)c1C. The third-order valence-corrected chi connectivity index (χ3v) is 3.41. The van der Waals surface area contributed by atoms with E-state index in [2.05, 4.69) is 16.0 Å². The van der Waals surface area contributed by atoms with Gasteiger partial charge in [0, 0.05) is 17.8 Å². The van der Waals surface area contributed by atoms with Crippen molar-refractivity contribution in [2.75, 3.05) is 17.2 Å². The molecular formula is C17H21N3O3. The molecule has 0 aliphatic carbocycles. The molecule has 0 atom stereocenters. The summed E-state index contributed by atoms with van der Waals surface area (Å²) in [5, 5.41) is 8.69. The lowest BCUT2D eigenvalue weighted by molar-refractivity contribution is -0.119. The van der Waals surface area contributed by atoms with Gasteiger partial charge in [-0.05, 0) is 36.8 Å². The molecule has 0 radical (unpaired) electrons. The first-order valence-corrected chi connectivity index (χ1v) is 7.52. The number of nitrogens with one attached hydrogen (secondary N) is 3. The Kier molecular flexibility index (Phi) is 5.80. The predicted octanol–water partition coefficient (Wildman–Crippen LogP) is 2.66. The maximum absolute atomic E-state index is 11.8. The van der Waals surface area contributed by atoms with Crippen molar-refractivity contribution in [3.63, 3.8) is 0 Å². The monoisotopic (exact) mass is 315 g/mol. The second-order valence-corrected chi connectivity index (χ2v) is 5.09. The molecule has 0 saturated carbocycles. The molecule has 6 nitrogen and oxygen atoms in total. The van der Waals surface area contributed by atoms with E-state index in [0.717, 1.165) is 16.9 Å². The van der Waals surface area contributed by atoms with Gasteiger partial charge in [-0.25, -0.2) is 0 Å². The second-order valence-electron chi connectivity index (χ2n) is 5.09. The van der Waals surface area contributed by atoms with E-state index in [-0.39, 0.29) is 18.4 Å². The first-order chi connectivity index (χ1) is 11.1. The number of furan rings is 1. The molecule has 0 spiro atoms. The fourth-order valence-electron chi connectivity index (χ4n) is 2.04. The summed E-state index contributed by atoms with van der Waals surface area (Å²) in [4.78, 5) is 23.4. The molecule has 0 bridgehead atoms. The Labute approximate surface area is 135 Å². The largest absolute Gasteiger partial charge is 0.467 e. The highest BCUT2D eigenvalue weighted by molar-refractivity contribution is 5.92. The minimum Gasteiger partial charge on any atom is -0.467 e. The summed E-state index contributed by atoms with van der Waals surface area (Å²) >= 11 is 0. The van der Waals surface area contributed by atoms with E-state index in [0.29, 0.717) is 18.7 Å². The Morgan fingerprint density at radius 2 is 1.87 bits per heavy atom. The van der Waals surface area contributed by atoms with Crippen LogP contribution in [0.3, 0.4) is 0 Å². The highest BCUT2D eigenvalue weighted by Crippen LogP contribution is 2.23. The van der Waals surface area contributed by atoms with Crippen LogP contribution in [0.25, 0.3) is 0 Å². The summed E-state index contributed by atoms with van der Waals surface area (Å²) < 4.78 is 5.15. The molecule has 0 unspecified atom stereocenters. The molecule has 2 amide bonds. The van der Waals surface area contributed by atoms with E-state index in [1.165, 1.54) is 0 Å². The normalized spacial score (nSPS) is 10.2. The predicted molar refractivity (Wildman–Crippen MR) is 89.1 cm³/mol. The third kappa shape index (κ3) is 4.88. The van der Waals surface area contributed by atoms with Gasteiger partial charge in [0.1, 0.15) is 5.76 Å². The topological polar surface area (TPSA) is 83.4 Å². The van der Waals surface area contributed by atoms with Crippen LogP contribution >= 0.6 is 0 Å². The average molecular weight is 315 g/mol. The minimum absolute atomic E-state index is 0.0403. The average Bonchev–Trinajstić information content (AvgIpc) is 3.07. The summed E-state index contributed by atoms with van der Waals surface area (Å²) in [6, 6.07) is 9.13. The van der Waals surface area contributed by atoms with Crippen molar-refractivity contribution in [1.29, 1.82) is 0 Å². The standard InChI is InChI=1S/C17H21N3O3/c1-3-16(21)20-15-8-4-7-14(12(15)2)18-11-17(22)19-10-13-6-5-9-23-13/h4-9,18H,3,10-11H2,1-2H3,(H,19,22)(H,20,21). The van der Waals surface area contributed by atoms with Crippen molar-refractivity contribution in [2.45, 2.75) is 26.8 Å². The van der Waals surface area contributed by atoms with E-state index in [4.69, 9.17) is 4.42 Å². The van der Waals surface area contributed by atoms with Crippen molar-refractivity contribution in [3.8, 4) is 0 Å². The van der Waals surface area contributed by atoms with Crippen molar-refractivity contribution in [1.82, 2.24) is 5.32 Å². The quantitative estimate of drug-likeness (QED) is 0.733. The molecule has 0 aliphatic rings. The zero-order valence-corrected chi connectivity index (χ0v) is 13.3. The lowest BCUT2D eigenvalue weighted by Crippen LogP contribution is -2.29. The van der Waals surface area contributed by atoms with E-state index >= 15 is 0 Å². The molecule has 0 aliphatic heterocycles. The van der Waals surface area contributed by atoms with E-state index in [1.807, 2.05) is 25.1 Å². The molecule has 1 aromatic heterocycles. The zero-order chi connectivity index (χ0) is 16.7. The van der Waals surface area contributed by atoms with Crippen molar-refractivity contribution in [2.24, 2.45) is 0 Å². The van der Waals surface area contributed by atoms with Crippen LogP contribution < -0.4 is 16.0 Å². The van der Waals surface area contributed by atoms with Gasteiger partial charge < -0.3 is 20.4 Å². The summed E-state index contributed by atoms with van der Waals surface area (Å²) in [7, 11) is 0. The molecule has 0 fully saturated rings. The molecule has 1 aromatic carbocycles. The molecule has 2 aromatic rings. The molecule has 0 saturated heterocycles. The summed E-state index contributed by atoms with van der Waals surface area (Å²) in [5.41, 5.74) is 2.46. The van der Waals surface area contributed by atoms with Gasteiger partial charge in [-0.3, -0.25) is 9.59 Å². The Morgan fingerprint density at radius 3 is 2.57 bits per heavy atom. The summed E-state index contributed by atoms with van der Waals surface area (Å²) in [6.45, 7) is 4.20. The van der Waals surface area contributed by atoms with E-state index < -0.39 is 0 Å². The zero-order valence-electron chi connectivity index (χ0n) is 13.3. The van der Waals surface area contributed by atoms with Crippen LogP contribution in [0.15, 0.2) is 41.0 Å². The van der Waals surface area contributed by atoms with Crippen molar-refractivity contribution < 1.29 is 14.0 Å². The van der Waals surface area contributed by atoms with Crippen molar-refractivity contribution >= 4 is 23.2 Å². The number of benzene rings is 1. The first kappa shape index (κ1) is 16.6. The van der Waals surface area contributed by atoms with Gasteiger partial charge in [0.15, 0.2) is 0 Å².